The Morgan fingerprint density at radius 2 is 2.00 bits per heavy atom. The molecule has 1 N–H and O–H groups in total. The molecule has 5 heteroatoms. The van der Waals surface area contributed by atoms with Crippen LogP contribution in [0.5, 0.6) is 0 Å². The third-order valence-electron chi connectivity index (χ3n) is 3.93. The summed E-state index contributed by atoms with van der Waals surface area (Å²) in [6, 6.07) is 18.5. The number of rotatable bonds is 6. The van der Waals surface area contributed by atoms with Crippen LogP contribution in [0.25, 0.3) is 0 Å². The summed E-state index contributed by atoms with van der Waals surface area (Å²) in [7, 11) is 0. The fourth-order valence-electron chi connectivity index (χ4n) is 2.61. The van der Waals surface area contributed by atoms with Gasteiger partial charge in [0.1, 0.15) is 12.7 Å². The Labute approximate surface area is 141 Å². The number of hydrogen-bond donors (Lipinski definition) is 1. The van der Waals surface area contributed by atoms with Crippen molar-refractivity contribution in [3.05, 3.63) is 83.4 Å². The molecule has 1 atom stereocenters. The third kappa shape index (κ3) is 4.06. The first-order valence-electron chi connectivity index (χ1n) is 7.88. The monoisotopic (exact) mass is 317 g/mol. The summed E-state index contributed by atoms with van der Waals surface area (Å²) in [5.41, 5.74) is 4.22. The Balaban J connectivity index is 1.62. The van der Waals surface area contributed by atoms with Gasteiger partial charge < -0.3 is 5.32 Å². The Kier molecular flexibility index (Phi) is 4.99. The average molecular weight is 317 g/mol. The summed E-state index contributed by atoms with van der Waals surface area (Å²) in [5.74, 6) is 0. The molecule has 3 rings (SSSR count). The van der Waals surface area contributed by atoms with Gasteiger partial charge in [-0.15, -0.1) is 0 Å². The molecule has 0 amide bonds. The second kappa shape index (κ2) is 7.53. The van der Waals surface area contributed by atoms with Gasteiger partial charge in [-0.1, -0.05) is 36.4 Å². The van der Waals surface area contributed by atoms with E-state index in [-0.39, 0.29) is 6.04 Å². The molecular formula is C19H19N5. The van der Waals surface area contributed by atoms with Gasteiger partial charge in [-0.05, 0) is 35.7 Å². The van der Waals surface area contributed by atoms with Crippen LogP contribution in [0.2, 0.25) is 0 Å². The highest BCUT2D eigenvalue weighted by molar-refractivity contribution is 5.34. The summed E-state index contributed by atoms with van der Waals surface area (Å²) in [6.07, 6.45) is 3.26. The SMILES string of the molecule is C[C@@H](NCc1cccc(Cn2cncn2)c1)c1cccc(C#N)c1. The van der Waals surface area contributed by atoms with Crippen LogP contribution in [0.15, 0.2) is 61.2 Å². The summed E-state index contributed by atoms with van der Waals surface area (Å²) in [6.45, 7) is 3.59. The molecule has 0 aliphatic carbocycles. The average Bonchev–Trinajstić information content (AvgIpc) is 3.13. The molecule has 0 aliphatic heterocycles. The number of nitriles is 1. The number of nitrogens with zero attached hydrogens (tertiary/aromatic N) is 4. The minimum atomic E-state index is 0.178. The molecule has 5 nitrogen and oxygen atoms in total. The lowest BCUT2D eigenvalue weighted by molar-refractivity contribution is 0.574. The van der Waals surface area contributed by atoms with Crippen LogP contribution >= 0.6 is 0 Å². The highest BCUT2D eigenvalue weighted by atomic mass is 15.3. The minimum Gasteiger partial charge on any atom is -0.306 e. The van der Waals surface area contributed by atoms with Crippen molar-refractivity contribution in [3.8, 4) is 6.07 Å². The summed E-state index contributed by atoms with van der Waals surface area (Å²) in [5, 5.41) is 16.6. The third-order valence-corrected chi connectivity index (χ3v) is 3.93. The van der Waals surface area contributed by atoms with E-state index in [1.54, 1.807) is 12.7 Å². The predicted molar refractivity (Wildman–Crippen MR) is 92.0 cm³/mol. The Morgan fingerprint density at radius 1 is 1.17 bits per heavy atom. The van der Waals surface area contributed by atoms with Crippen molar-refractivity contribution in [2.75, 3.05) is 0 Å². The molecule has 0 unspecified atom stereocenters. The maximum Gasteiger partial charge on any atom is 0.137 e. The molecule has 1 aromatic heterocycles. The lowest BCUT2D eigenvalue weighted by atomic mass is 10.0. The first-order chi connectivity index (χ1) is 11.7. The second-order valence-corrected chi connectivity index (χ2v) is 5.75. The van der Waals surface area contributed by atoms with Gasteiger partial charge >= 0.3 is 0 Å². The summed E-state index contributed by atoms with van der Waals surface area (Å²) >= 11 is 0. The lowest BCUT2D eigenvalue weighted by Crippen LogP contribution is -2.18. The largest absolute Gasteiger partial charge is 0.306 e. The topological polar surface area (TPSA) is 66.5 Å². The lowest BCUT2D eigenvalue weighted by Gasteiger charge is -2.15. The molecule has 0 radical (unpaired) electrons. The standard InChI is InChI=1S/C19H19N5/c1-15(19-7-3-4-16(9-19)10-20)22-11-17-5-2-6-18(8-17)12-24-14-21-13-23-24/h2-9,13-15,22H,11-12H2,1H3/t15-/m1/s1. The normalized spacial score (nSPS) is 11.8. The van der Waals surface area contributed by atoms with Crippen molar-refractivity contribution in [3.63, 3.8) is 0 Å². The van der Waals surface area contributed by atoms with Crippen molar-refractivity contribution < 1.29 is 0 Å². The van der Waals surface area contributed by atoms with Crippen molar-refractivity contribution in [1.82, 2.24) is 20.1 Å². The Hall–Kier alpha value is -2.97. The van der Waals surface area contributed by atoms with Gasteiger partial charge in [-0.3, -0.25) is 0 Å². The molecule has 0 fully saturated rings. The maximum absolute atomic E-state index is 9.01. The molecule has 24 heavy (non-hydrogen) atoms. The first-order valence-corrected chi connectivity index (χ1v) is 7.88. The first kappa shape index (κ1) is 15.9. The van der Waals surface area contributed by atoms with E-state index < -0.39 is 0 Å². The highest BCUT2D eigenvalue weighted by Crippen LogP contribution is 2.15. The quantitative estimate of drug-likeness (QED) is 0.759. The molecule has 0 saturated heterocycles. The molecule has 3 aromatic rings. The van der Waals surface area contributed by atoms with Gasteiger partial charge in [0.2, 0.25) is 0 Å². The van der Waals surface area contributed by atoms with Crippen molar-refractivity contribution >= 4 is 0 Å². The van der Waals surface area contributed by atoms with E-state index in [1.807, 2.05) is 28.9 Å². The van der Waals surface area contributed by atoms with Gasteiger partial charge in [0.25, 0.3) is 0 Å². The van der Waals surface area contributed by atoms with Gasteiger partial charge in [-0.25, -0.2) is 9.67 Å². The zero-order valence-corrected chi connectivity index (χ0v) is 13.6. The van der Waals surface area contributed by atoms with E-state index in [2.05, 4.69) is 52.7 Å². The van der Waals surface area contributed by atoms with Crippen LogP contribution in [0, 0.1) is 11.3 Å². The fraction of sp³-hybridized carbons (Fsp3) is 0.211. The van der Waals surface area contributed by atoms with Crippen LogP contribution in [0.3, 0.4) is 0 Å². The van der Waals surface area contributed by atoms with E-state index in [4.69, 9.17) is 5.26 Å². The number of hydrogen-bond acceptors (Lipinski definition) is 4. The van der Waals surface area contributed by atoms with E-state index in [9.17, 15) is 0 Å². The van der Waals surface area contributed by atoms with Crippen LogP contribution in [0.1, 0.15) is 35.2 Å². The smallest absolute Gasteiger partial charge is 0.137 e. The van der Waals surface area contributed by atoms with E-state index in [0.717, 1.165) is 12.1 Å². The van der Waals surface area contributed by atoms with Gasteiger partial charge in [0.05, 0.1) is 18.2 Å². The van der Waals surface area contributed by atoms with Crippen LogP contribution in [0.4, 0.5) is 0 Å². The van der Waals surface area contributed by atoms with Crippen molar-refractivity contribution in [1.29, 1.82) is 5.26 Å². The molecule has 0 spiro atoms. The van der Waals surface area contributed by atoms with Crippen molar-refractivity contribution in [2.24, 2.45) is 0 Å². The molecule has 2 aromatic carbocycles. The predicted octanol–water partition coefficient (Wildman–Crippen LogP) is 3.05. The summed E-state index contributed by atoms with van der Waals surface area (Å²) < 4.78 is 1.81. The molecule has 0 bridgehead atoms. The van der Waals surface area contributed by atoms with E-state index >= 15 is 0 Å². The van der Waals surface area contributed by atoms with E-state index in [1.165, 1.54) is 11.1 Å². The highest BCUT2D eigenvalue weighted by Gasteiger charge is 2.06. The summed E-state index contributed by atoms with van der Waals surface area (Å²) in [4.78, 5) is 3.96. The second-order valence-electron chi connectivity index (χ2n) is 5.75. The zero-order valence-electron chi connectivity index (χ0n) is 13.6. The maximum atomic E-state index is 9.01. The number of aromatic nitrogens is 3. The van der Waals surface area contributed by atoms with E-state index in [0.29, 0.717) is 12.1 Å². The van der Waals surface area contributed by atoms with Gasteiger partial charge in [0.15, 0.2) is 0 Å². The Morgan fingerprint density at radius 3 is 2.79 bits per heavy atom. The van der Waals surface area contributed by atoms with Crippen LogP contribution < -0.4 is 5.32 Å². The molecule has 1 heterocycles. The van der Waals surface area contributed by atoms with Crippen molar-refractivity contribution in [2.45, 2.75) is 26.1 Å². The molecule has 0 aliphatic rings. The number of benzene rings is 2. The fourth-order valence-corrected chi connectivity index (χ4v) is 2.61. The molecule has 120 valence electrons. The Bertz CT molecular complexity index is 833. The van der Waals surface area contributed by atoms with Gasteiger partial charge in [0, 0.05) is 12.6 Å². The van der Waals surface area contributed by atoms with Gasteiger partial charge in [-0.2, -0.15) is 10.4 Å². The van der Waals surface area contributed by atoms with Crippen LogP contribution in [-0.4, -0.2) is 14.8 Å². The molecule has 0 saturated carbocycles. The molecular weight excluding hydrogens is 298 g/mol. The number of nitrogens with one attached hydrogen (secondary N) is 1. The van der Waals surface area contributed by atoms with Crippen LogP contribution in [-0.2, 0) is 13.1 Å². The zero-order chi connectivity index (χ0) is 16.8. The minimum absolute atomic E-state index is 0.178.